The van der Waals surface area contributed by atoms with Crippen LogP contribution in [0.4, 0.5) is 5.82 Å². The van der Waals surface area contributed by atoms with Gasteiger partial charge in [0, 0.05) is 25.8 Å². The van der Waals surface area contributed by atoms with Crippen molar-refractivity contribution in [2.24, 2.45) is 0 Å². The van der Waals surface area contributed by atoms with Crippen LogP contribution in [0.15, 0.2) is 42.6 Å². The van der Waals surface area contributed by atoms with Crippen molar-refractivity contribution in [3.8, 4) is 6.07 Å². The monoisotopic (exact) mass is 306 g/mol. The summed E-state index contributed by atoms with van der Waals surface area (Å²) in [5.74, 6) is 0.621. The topological polar surface area (TPSA) is 69.0 Å². The van der Waals surface area contributed by atoms with Crippen LogP contribution < -0.4 is 5.32 Å². The van der Waals surface area contributed by atoms with Gasteiger partial charge in [-0.15, -0.1) is 0 Å². The lowest BCUT2D eigenvalue weighted by Gasteiger charge is -2.17. The number of carbonyl (C=O) groups is 1. The maximum absolute atomic E-state index is 12.6. The number of nitrogens with one attached hydrogen (secondary N) is 1. The van der Waals surface area contributed by atoms with Gasteiger partial charge in [-0.25, -0.2) is 4.98 Å². The molecule has 0 bridgehead atoms. The minimum absolute atomic E-state index is 0.0314. The number of hydrogen-bond acceptors (Lipinski definition) is 4. The summed E-state index contributed by atoms with van der Waals surface area (Å²) in [6, 6.07) is 13.1. The molecule has 1 amide bonds. The van der Waals surface area contributed by atoms with E-state index in [1.54, 1.807) is 18.3 Å². The normalized spacial score (nSPS) is 13.6. The summed E-state index contributed by atoms with van der Waals surface area (Å²) in [5, 5.41) is 12.2. The zero-order valence-corrected chi connectivity index (χ0v) is 12.8. The van der Waals surface area contributed by atoms with E-state index >= 15 is 0 Å². The van der Waals surface area contributed by atoms with Gasteiger partial charge in [0.15, 0.2) is 0 Å². The summed E-state index contributed by atoms with van der Waals surface area (Å²) in [4.78, 5) is 18.8. The van der Waals surface area contributed by atoms with Gasteiger partial charge in [-0.1, -0.05) is 12.1 Å². The molecule has 1 aliphatic heterocycles. The van der Waals surface area contributed by atoms with Crippen LogP contribution in [0, 0.1) is 11.3 Å². The predicted molar refractivity (Wildman–Crippen MR) is 87.9 cm³/mol. The lowest BCUT2D eigenvalue weighted by atomic mass is 10.1. The molecule has 23 heavy (non-hydrogen) atoms. The Hall–Kier alpha value is -2.87. The molecule has 2 aromatic rings. The van der Waals surface area contributed by atoms with Gasteiger partial charge in [-0.05, 0) is 42.7 Å². The van der Waals surface area contributed by atoms with Crippen molar-refractivity contribution >= 4 is 11.7 Å². The van der Waals surface area contributed by atoms with Crippen LogP contribution in [-0.2, 0) is 6.54 Å². The molecule has 2 heterocycles. The summed E-state index contributed by atoms with van der Waals surface area (Å²) in [6.45, 7) is 2.15. The SMILES string of the molecule is N#Cc1cccc(CNc2ncccc2C(=O)N2CCCC2)c1. The van der Waals surface area contributed by atoms with Crippen LogP contribution in [0.2, 0.25) is 0 Å². The van der Waals surface area contributed by atoms with Gasteiger partial charge in [-0.3, -0.25) is 4.79 Å². The van der Waals surface area contributed by atoms with Crippen molar-refractivity contribution in [1.82, 2.24) is 9.88 Å². The maximum Gasteiger partial charge on any atom is 0.257 e. The number of amides is 1. The second-order valence-corrected chi connectivity index (χ2v) is 5.56. The standard InChI is InChI=1S/C18H18N4O/c19-12-14-5-3-6-15(11-14)13-21-17-16(7-4-8-20-17)18(23)22-9-1-2-10-22/h3-8,11H,1-2,9-10,13H2,(H,20,21). The molecule has 1 fully saturated rings. The Morgan fingerprint density at radius 3 is 2.87 bits per heavy atom. The fourth-order valence-electron chi connectivity index (χ4n) is 2.75. The molecule has 0 aliphatic carbocycles. The Morgan fingerprint density at radius 2 is 2.09 bits per heavy atom. The number of benzene rings is 1. The van der Waals surface area contributed by atoms with Crippen LogP contribution >= 0.6 is 0 Å². The summed E-state index contributed by atoms with van der Waals surface area (Å²) in [7, 11) is 0. The van der Waals surface area contributed by atoms with Gasteiger partial charge in [0.05, 0.1) is 17.2 Å². The first-order valence-electron chi connectivity index (χ1n) is 7.75. The average molecular weight is 306 g/mol. The molecule has 1 aromatic heterocycles. The summed E-state index contributed by atoms with van der Waals surface area (Å²) < 4.78 is 0. The van der Waals surface area contributed by atoms with Gasteiger partial charge in [0.25, 0.3) is 5.91 Å². The van der Waals surface area contributed by atoms with Crippen LogP contribution in [0.1, 0.15) is 34.3 Å². The highest BCUT2D eigenvalue weighted by Gasteiger charge is 2.22. The van der Waals surface area contributed by atoms with Gasteiger partial charge in [-0.2, -0.15) is 5.26 Å². The van der Waals surface area contributed by atoms with Crippen molar-refractivity contribution in [3.05, 3.63) is 59.3 Å². The minimum Gasteiger partial charge on any atom is -0.365 e. The van der Waals surface area contributed by atoms with E-state index in [0.29, 0.717) is 23.5 Å². The molecule has 0 radical (unpaired) electrons. The van der Waals surface area contributed by atoms with Gasteiger partial charge < -0.3 is 10.2 Å². The van der Waals surface area contributed by atoms with Crippen LogP contribution in [-0.4, -0.2) is 28.9 Å². The second-order valence-electron chi connectivity index (χ2n) is 5.56. The second kappa shape index (κ2) is 6.93. The van der Waals surface area contributed by atoms with E-state index in [9.17, 15) is 4.79 Å². The first-order valence-corrected chi connectivity index (χ1v) is 7.75. The molecule has 3 rings (SSSR count). The third-order valence-electron chi connectivity index (χ3n) is 3.95. The summed E-state index contributed by atoms with van der Waals surface area (Å²) in [5.41, 5.74) is 2.21. The van der Waals surface area contributed by atoms with E-state index < -0.39 is 0 Å². The quantitative estimate of drug-likeness (QED) is 0.943. The average Bonchev–Trinajstić information content (AvgIpc) is 3.14. The fraction of sp³-hybridized carbons (Fsp3) is 0.278. The van der Waals surface area contributed by atoms with E-state index in [4.69, 9.17) is 5.26 Å². The van der Waals surface area contributed by atoms with Crippen molar-refractivity contribution in [2.75, 3.05) is 18.4 Å². The van der Waals surface area contributed by atoms with Gasteiger partial charge in [0.1, 0.15) is 5.82 Å². The number of anilines is 1. The number of hydrogen-bond donors (Lipinski definition) is 1. The molecule has 5 nitrogen and oxygen atoms in total. The highest BCUT2D eigenvalue weighted by Crippen LogP contribution is 2.18. The zero-order valence-electron chi connectivity index (χ0n) is 12.8. The minimum atomic E-state index is 0.0314. The Labute approximate surface area is 135 Å². The Kier molecular flexibility index (Phi) is 4.53. The van der Waals surface area contributed by atoms with Crippen molar-refractivity contribution in [3.63, 3.8) is 0 Å². The molecule has 0 spiro atoms. The Morgan fingerprint density at radius 1 is 1.26 bits per heavy atom. The molecule has 5 heteroatoms. The molecular formula is C18H18N4O. The maximum atomic E-state index is 12.6. The van der Waals surface area contributed by atoms with Crippen molar-refractivity contribution in [2.45, 2.75) is 19.4 Å². The molecule has 116 valence electrons. The lowest BCUT2D eigenvalue weighted by Crippen LogP contribution is -2.28. The third-order valence-corrected chi connectivity index (χ3v) is 3.95. The van der Waals surface area contributed by atoms with Gasteiger partial charge in [0.2, 0.25) is 0 Å². The number of aromatic nitrogens is 1. The molecule has 0 unspecified atom stereocenters. The number of rotatable bonds is 4. The van der Waals surface area contributed by atoms with Crippen LogP contribution in [0.25, 0.3) is 0 Å². The van der Waals surface area contributed by atoms with Crippen molar-refractivity contribution in [1.29, 1.82) is 5.26 Å². The van der Waals surface area contributed by atoms with Crippen LogP contribution in [0.5, 0.6) is 0 Å². The largest absolute Gasteiger partial charge is 0.365 e. The zero-order chi connectivity index (χ0) is 16.1. The predicted octanol–water partition coefficient (Wildman–Crippen LogP) is 2.80. The highest BCUT2D eigenvalue weighted by molar-refractivity contribution is 5.98. The summed E-state index contributed by atoms with van der Waals surface area (Å²) in [6.07, 6.45) is 3.81. The first kappa shape index (κ1) is 15.0. The van der Waals surface area contributed by atoms with Crippen molar-refractivity contribution < 1.29 is 4.79 Å². The number of nitriles is 1. The molecule has 1 aromatic carbocycles. The van der Waals surface area contributed by atoms with E-state index in [1.807, 2.05) is 29.2 Å². The molecule has 1 saturated heterocycles. The number of carbonyl (C=O) groups excluding carboxylic acids is 1. The lowest BCUT2D eigenvalue weighted by molar-refractivity contribution is 0.0793. The van der Waals surface area contributed by atoms with E-state index in [2.05, 4.69) is 16.4 Å². The Balaban J connectivity index is 1.75. The van der Waals surface area contributed by atoms with E-state index in [-0.39, 0.29) is 5.91 Å². The molecular weight excluding hydrogens is 288 g/mol. The smallest absolute Gasteiger partial charge is 0.257 e. The molecule has 0 saturated carbocycles. The molecule has 1 aliphatic rings. The van der Waals surface area contributed by atoms with E-state index in [1.165, 1.54) is 0 Å². The molecule has 1 N–H and O–H groups in total. The third kappa shape index (κ3) is 3.49. The number of pyridine rings is 1. The fourth-order valence-corrected chi connectivity index (χ4v) is 2.75. The van der Waals surface area contributed by atoms with E-state index in [0.717, 1.165) is 31.5 Å². The molecule has 0 atom stereocenters. The number of likely N-dealkylation sites (tertiary alicyclic amines) is 1. The van der Waals surface area contributed by atoms with Crippen LogP contribution in [0.3, 0.4) is 0 Å². The Bertz CT molecular complexity index is 745. The number of nitrogens with zero attached hydrogens (tertiary/aromatic N) is 3. The summed E-state index contributed by atoms with van der Waals surface area (Å²) >= 11 is 0. The first-order chi connectivity index (χ1) is 11.3. The highest BCUT2D eigenvalue weighted by atomic mass is 16.2. The van der Waals surface area contributed by atoms with Gasteiger partial charge >= 0.3 is 0 Å².